The Morgan fingerprint density at radius 2 is 1.72 bits per heavy atom. The predicted octanol–water partition coefficient (Wildman–Crippen LogP) is 4.31. The average Bonchev–Trinajstić information content (AvgIpc) is 3.19. The van der Waals surface area contributed by atoms with Crippen LogP contribution in [0.3, 0.4) is 0 Å². The number of aromatic amines is 1. The van der Waals surface area contributed by atoms with Gasteiger partial charge in [-0.05, 0) is 54.6 Å². The quantitative estimate of drug-likeness (QED) is 0.403. The smallest absolute Gasteiger partial charge is 0.354 e. The predicted molar refractivity (Wildman–Crippen MR) is 112 cm³/mol. The van der Waals surface area contributed by atoms with Crippen LogP contribution in [0.15, 0.2) is 60.8 Å². The number of anilines is 2. The van der Waals surface area contributed by atoms with Crippen molar-refractivity contribution in [3.8, 4) is 0 Å². The number of carbonyl (C=O) groups excluding carboxylic acids is 2. The molecule has 2 aromatic heterocycles. The van der Waals surface area contributed by atoms with Crippen molar-refractivity contribution in [1.29, 1.82) is 0 Å². The Hall–Kier alpha value is -4.21. The van der Waals surface area contributed by atoms with Gasteiger partial charge in [0.2, 0.25) is 5.95 Å². The third-order valence-electron chi connectivity index (χ3n) is 4.70. The molecule has 10 heteroatoms. The molecule has 162 valence electrons. The highest BCUT2D eigenvalue weighted by Crippen LogP contribution is 2.31. The first-order valence-corrected chi connectivity index (χ1v) is 9.41. The van der Waals surface area contributed by atoms with Crippen LogP contribution >= 0.6 is 0 Å². The van der Waals surface area contributed by atoms with E-state index < -0.39 is 17.6 Å². The maximum absolute atomic E-state index is 12.9. The Kier molecular flexibility index (Phi) is 5.35. The van der Waals surface area contributed by atoms with E-state index >= 15 is 0 Å². The summed E-state index contributed by atoms with van der Waals surface area (Å²) < 4.78 is 38.6. The lowest BCUT2D eigenvalue weighted by molar-refractivity contribution is -0.137. The molecular formula is C22H16F3N5O2. The van der Waals surface area contributed by atoms with E-state index in [4.69, 9.17) is 0 Å². The molecule has 0 aliphatic heterocycles. The molecule has 32 heavy (non-hydrogen) atoms. The molecule has 0 saturated heterocycles. The van der Waals surface area contributed by atoms with Crippen LogP contribution in [0.25, 0.3) is 11.0 Å². The number of H-pyrrole nitrogens is 1. The molecule has 2 aromatic carbocycles. The lowest BCUT2D eigenvalue weighted by Gasteiger charge is -2.06. The van der Waals surface area contributed by atoms with E-state index in [9.17, 15) is 22.8 Å². The number of carbonyl (C=O) groups is 2. The van der Waals surface area contributed by atoms with Crippen molar-refractivity contribution in [3.05, 3.63) is 83.2 Å². The van der Waals surface area contributed by atoms with E-state index in [1.807, 2.05) is 0 Å². The van der Waals surface area contributed by atoms with Crippen LogP contribution in [0.4, 0.5) is 24.8 Å². The van der Waals surface area contributed by atoms with Crippen LogP contribution in [0.1, 0.15) is 32.0 Å². The fraction of sp³-hybridized carbons (Fsp3) is 0.0909. The molecule has 0 aliphatic rings. The minimum Gasteiger partial charge on any atom is -0.354 e. The summed E-state index contributed by atoms with van der Waals surface area (Å²) in [6, 6.07) is 12.7. The van der Waals surface area contributed by atoms with Crippen LogP contribution in [-0.4, -0.2) is 33.7 Å². The van der Waals surface area contributed by atoms with Gasteiger partial charge >= 0.3 is 6.18 Å². The van der Waals surface area contributed by atoms with E-state index in [0.29, 0.717) is 22.3 Å². The van der Waals surface area contributed by atoms with Crippen molar-refractivity contribution >= 4 is 34.4 Å². The van der Waals surface area contributed by atoms with E-state index in [2.05, 4.69) is 25.6 Å². The molecule has 2 heterocycles. The largest absolute Gasteiger partial charge is 0.416 e. The number of halogens is 3. The van der Waals surface area contributed by atoms with Gasteiger partial charge in [-0.1, -0.05) is 0 Å². The Morgan fingerprint density at radius 3 is 2.41 bits per heavy atom. The minimum atomic E-state index is -4.44. The van der Waals surface area contributed by atoms with Crippen LogP contribution in [0.5, 0.6) is 0 Å². The molecule has 0 fully saturated rings. The summed E-state index contributed by atoms with van der Waals surface area (Å²) in [5.41, 5.74) is 1.29. The zero-order valence-corrected chi connectivity index (χ0v) is 16.6. The Bertz CT molecular complexity index is 1310. The summed E-state index contributed by atoms with van der Waals surface area (Å²) in [5, 5.41) is 5.42. The zero-order chi connectivity index (χ0) is 22.9. The molecule has 0 unspecified atom stereocenters. The Morgan fingerprint density at radius 1 is 0.969 bits per heavy atom. The van der Waals surface area contributed by atoms with Crippen molar-refractivity contribution in [1.82, 2.24) is 20.3 Å². The van der Waals surface area contributed by atoms with Crippen molar-refractivity contribution in [2.75, 3.05) is 12.4 Å². The number of pyridine rings is 1. The molecular weight excluding hydrogens is 423 g/mol. The van der Waals surface area contributed by atoms with Crippen molar-refractivity contribution < 1.29 is 22.8 Å². The third kappa shape index (κ3) is 4.29. The van der Waals surface area contributed by atoms with Gasteiger partial charge in [0.1, 0.15) is 5.69 Å². The summed E-state index contributed by atoms with van der Waals surface area (Å²) in [5.74, 6) is -0.414. The fourth-order valence-electron chi connectivity index (χ4n) is 3.08. The van der Waals surface area contributed by atoms with Gasteiger partial charge in [-0.15, -0.1) is 0 Å². The maximum atomic E-state index is 12.9. The maximum Gasteiger partial charge on any atom is 0.416 e. The molecule has 0 atom stereocenters. The molecule has 1 amide bonds. The number of rotatable bonds is 5. The second kappa shape index (κ2) is 8.14. The van der Waals surface area contributed by atoms with Crippen LogP contribution < -0.4 is 10.6 Å². The van der Waals surface area contributed by atoms with Crippen molar-refractivity contribution in [2.24, 2.45) is 0 Å². The number of fused-ring (bicyclic) bond motifs is 1. The number of benzene rings is 2. The molecule has 4 aromatic rings. The van der Waals surface area contributed by atoms with Crippen molar-refractivity contribution in [2.45, 2.75) is 6.18 Å². The standard InChI is InChI=1S/C22H16F3N5O2/c1-26-20(32)18-10-13(8-9-27-18)19(31)12-2-5-15(6-3-12)28-21-29-16-7-4-14(22(23,24)25)11-17(16)30-21/h2-11H,1H3,(H,26,32)(H2,28,29,30). The number of imidazole rings is 1. The van der Waals surface area contributed by atoms with Crippen molar-refractivity contribution in [3.63, 3.8) is 0 Å². The third-order valence-corrected chi connectivity index (χ3v) is 4.70. The Labute approximate surface area is 179 Å². The second-order valence-electron chi connectivity index (χ2n) is 6.86. The highest BCUT2D eigenvalue weighted by Gasteiger charge is 2.30. The first kappa shape index (κ1) is 21.0. The van der Waals surface area contributed by atoms with Crippen LogP contribution in [-0.2, 0) is 6.18 Å². The molecule has 0 saturated carbocycles. The fourth-order valence-corrected chi connectivity index (χ4v) is 3.08. The summed E-state index contributed by atoms with van der Waals surface area (Å²) in [7, 11) is 1.47. The summed E-state index contributed by atoms with van der Waals surface area (Å²) in [6.45, 7) is 0. The van der Waals surface area contributed by atoms with Gasteiger partial charge in [0, 0.05) is 30.1 Å². The minimum absolute atomic E-state index is 0.134. The number of nitrogens with one attached hydrogen (secondary N) is 3. The molecule has 3 N–H and O–H groups in total. The summed E-state index contributed by atoms with van der Waals surface area (Å²) in [6.07, 6.45) is -3.05. The number of alkyl halides is 3. The van der Waals surface area contributed by atoms with Gasteiger partial charge < -0.3 is 15.6 Å². The lowest BCUT2D eigenvalue weighted by Crippen LogP contribution is -2.19. The van der Waals surface area contributed by atoms with E-state index in [1.54, 1.807) is 24.3 Å². The molecule has 4 rings (SSSR count). The highest BCUT2D eigenvalue weighted by atomic mass is 19.4. The molecule has 0 bridgehead atoms. The van der Waals surface area contributed by atoms with Gasteiger partial charge in [-0.2, -0.15) is 13.2 Å². The molecule has 7 nitrogen and oxygen atoms in total. The number of hydrogen-bond donors (Lipinski definition) is 3. The first-order chi connectivity index (χ1) is 15.2. The van der Waals surface area contributed by atoms with Gasteiger partial charge in [-0.25, -0.2) is 4.98 Å². The monoisotopic (exact) mass is 439 g/mol. The van der Waals surface area contributed by atoms with Gasteiger partial charge in [0.25, 0.3) is 5.91 Å². The summed E-state index contributed by atoms with van der Waals surface area (Å²) >= 11 is 0. The number of amides is 1. The SMILES string of the molecule is CNC(=O)c1cc(C(=O)c2ccc(Nc3nc4ccc(C(F)(F)F)cc4[nH]3)cc2)ccn1. The van der Waals surface area contributed by atoms with E-state index in [0.717, 1.165) is 12.1 Å². The average molecular weight is 439 g/mol. The number of aromatic nitrogens is 3. The molecule has 0 aliphatic carbocycles. The van der Waals surface area contributed by atoms with Gasteiger partial charge in [-0.3, -0.25) is 14.6 Å². The number of ketones is 1. The number of nitrogens with zero attached hydrogens (tertiary/aromatic N) is 2. The topological polar surface area (TPSA) is 99.8 Å². The molecule has 0 spiro atoms. The van der Waals surface area contributed by atoms with Crippen LogP contribution in [0.2, 0.25) is 0 Å². The zero-order valence-electron chi connectivity index (χ0n) is 16.6. The van der Waals surface area contributed by atoms with E-state index in [-0.39, 0.29) is 22.9 Å². The van der Waals surface area contributed by atoms with Gasteiger partial charge in [0.05, 0.1) is 16.6 Å². The molecule has 0 radical (unpaired) electrons. The number of hydrogen-bond acceptors (Lipinski definition) is 5. The normalized spacial score (nSPS) is 11.4. The van der Waals surface area contributed by atoms with Gasteiger partial charge in [0.15, 0.2) is 5.78 Å². The van der Waals surface area contributed by atoms with E-state index in [1.165, 1.54) is 31.4 Å². The summed E-state index contributed by atoms with van der Waals surface area (Å²) in [4.78, 5) is 35.4. The first-order valence-electron chi connectivity index (χ1n) is 9.41. The highest BCUT2D eigenvalue weighted by molar-refractivity contribution is 6.10. The second-order valence-corrected chi connectivity index (χ2v) is 6.86. The Balaban J connectivity index is 1.52. The lowest BCUT2D eigenvalue weighted by atomic mass is 10.0. The van der Waals surface area contributed by atoms with Crippen LogP contribution in [0, 0.1) is 0 Å².